The van der Waals surface area contributed by atoms with Gasteiger partial charge in [0, 0.05) is 6.92 Å². The van der Waals surface area contributed by atoms with Gasteiger partial charge in [-0.15, -0.1) is 0 Å². The third-order valence-corrected chi connectivity index (χ3v) is 2.49. The molecule has 0 heterocycles. The molecule has 1 aromatic rings. The Bertz CT molecular complexity index is 528. The number of hydrogen-bond acceptors (Lipinski definition) is 5. The molecule has 0 spiro atoms. The highest BCUT2D eigenvalue weighted by Gasteiger charge is 2.23. The number of aliphatic carboxylic acids is 1. The zero-order valence-electron chi connectivity index (χ0n) is 11.8. The summed E-state index contributed by atoms with van der Waals surface area (Å²) in [5.41, 5.74) is 0.216. The first-order valence-electron chi connectivity index (χ1n) is 6.34. The maximum Gasteiger partial charge on any atom is 0.329 e. The van der Waals surface area contributed by atoms with Gasteiger partial charge in [-0.1, -0.05) is 12.1 Å². The molecule has 0 aromatic heterocycles. The zero-order valence-corrected chi connectivity index (χ0v) is 11.8. The smallest absolute Gasteiger partial charge is 0.329 e. The van der Waals surface area contributed by atoms with Crippen molar-refractivity contribution >= 4 is 17.8 Å². The number of carbonyl (C=O) groups is 3. The van der Waals surface area contributed by atoms with Crippen LogP contribution in [0.15, 0.2) is 24.3 Å². The van der Waals surface area contributed by atoms with Crippen LogP contribution in [-0.2, 0) is 14.3 Å². The van der Waals surface area contributed by atoms with Gasteiger partial charge in [-0.25, -0.2) is 4.79 Å². The van der Waals surface area contributed by atoms with Crippen molar-refractivity contribution in [2.45, 2.75) is 19.9 Å². The van der Waals surface area contributed by atoms with Gasteiger partial charge in [0.25, 0.3) is 5.91 Å². The summed E-state index contributed by atoms with van der Waals surface area (Å²) < 4.78 is 9.92. The molecular weight excluding hydrogens is 278 g/mol. The number of nitrogens with one attached hydrogen (secondary N) is 1. The first-order chi connectivity index (χ1) is 9.95. The number of hydrogen-bond donors (Lipinski definition) is 2. The molecule has 114 valence electrons. The Morgan fingerprint density at radius 1 is 1.29 bits per heavy atom. The Morgan fingerprint density at radius 3 is 2.52 bits per heavy atom. The highest BCUT2D eigenvalue weighted by molar-refractivity contribution is 5.99. The SMILES string of the molecule is CCOc1ccccc1C(=O)N[C@@H](COC(C)=O)C(=O)O. The number of para-hydroxylation sites is 1. The van der Waals surface area contributed by atoms with E-state index in [1.54, 1.807) is 25.1 Å². The van der Waals surface area contributed by atoms with E-state index in [0.717, 1.165) is 6.92 Å². The maximum absolute atomic E-state index is 12.1. The number of esters is 1. The van der Waals surface area contributed by atoms with Crippen LogP contribution in [0.4, 0.5) is 0 Å². The molecule has 0 aliphatic rings. The summed E-state index contributed by atoms with van der Waals surface area (Å²) in [6.45, 7) is 2.87. The average Bonchev–Trinajstić information content (AvgIpc) is 2.43. The topological polar surface area (TPSA) is 102 Å². The third-order valence-electron chi connectivity index (χ3n) is 2.49. The highest BCUT2D eigenvalue weighted by atomic mass is 16.5. The second kappa shape index (κ2) is 7.88. The summed E-state index contributed by atoms with van der Waals surface area (Å²) in [5.74, 6) is -2.17. The van der Waals surface area contributed by atoms with E-state index < -0.39 is 30.5 Å². The predicted octanol–water partition coefficient (Wildman–Crippen LogP) is 0.831. The number of amides is 1. The molecule has 2 N–H and O–H groups in total. The van der Waals surface area contributed by atoms with Gasteiger partial charge >= 0.3 is 11.9 Å². The van der Waals surface area contributed by atoms with Crippen LogP contribution in [0, 0.1) is 0 Å². The van der Waals surface area contributed by atoms with Crippen molar-refractivity contribution in [3.05, 3.63) is 29.8 Å². The molecule has 0 aliphatic heterocycles. The van der Waals surface area contributed by atoms with Crippen LogP contribution in [0.5, 0.6) is 5.75 Å². The van der Waals surface area contributed by atoms with Crippen LogP contribution in [0.2, 0.25) is 0 Å². The molecule has 1 aromatic carbocycles. The second-order valence-corrected chi connectivity index (χ2v) is 4.10. The minimum atomic E-state index is -1.32. The Hall–Kier alpha value is -2.57. The summed E-state index contributed by atoms with van der Waals surface area (Å²) in [5, 5.41) is 11.3. The van der Waals surface area contributed by atoms with Crippen LogP contribution < -0.4 is 10.1 Å². The van der Waals surface area contributed by atoms with Crippen LogP contribution in [0.1, 0.15) is 24.2 Å². The lowest BCUT2D eigenvalue weighted by Gasteiger charge is -2.15. The molecule has 0 radical (unpaired) electrons. The summed E-state index contributed by atoms with van der Waals surface area (Å²) in [6, 6.07) is 5.15. The van der Waals surface area contributed by atoms with Crippen LogP contribution in [0.25, 0.3) is 0 Å². The van der Waals surface area contributed by atoms with Crippen LogP contribution in [-0.4, -0.2) is 42.2 Å². The Balaban J connectivity index is 2.82. The molecule has 0 unspecified atom stereocenters. The summed E-state index contributed by atoms with van der Waals surface area (Å²) in [4.78, 5) is 33.9. The lowest BCUT2D eigenvalue weighted by atomic mass is 10.1. The number of carboxylic acids is 1. The van der Waals surface area contributed by atoms with E-state index in [-0.39, 0.29) is 5.56 Å². The van der Waals surface area contributed by atoms with Crippen molar-refractivity contribution in [1.29, 1.82) is 0 Å². The van der Waals surface area contributed by atoms with Gasteiger partial charge in [0.1, 0.15) is 12.4 Å². The zero-order chi connectivity index (χ0) is 15.8. The Kier molecular flexibility index (Phi) is 6.19. The monoisotopic (exact) mass is 295 g/mol. The van der Waals surface area contributed by atoms with Crippen molar-refractivity contribution in [2.24, 2.45) is 0 Å². The van der Waals surface area contributed by atoms with E-state index in [2.05, 4.69) is 10.1 Å². The fourth-order valence-corrected chi connectivity index (χ4v) is 1.55. The third kappa shape index (κ3) is 5.13. The van der Waals surface area contributed by atoms with E-state index in [9.17, 15) is 14.4 Å². The van der Waals surface area contributed by atoms with E-state index >= 15 is 0 Å². The van der Waals surface area contributed by atoms with Gasteiger partial charge in [-0.2, -0.15) is 0 Å². The van der Waals surface area contributed by atoms with Gasteiger partial charge in [0.2, 0.25) is 0 Å². The standard InChI is InChI=1S/C14H17NO6/c1-3-20-12-7-5-4-6-10(12)13(17)15-11(14(18)19)8-21-9(2)16/h4-7,11H,3,8H2,1-2H3,(H,15,17)(H,18,19)/t11-/m0/s1. The Morgan fingerprint density at radius 2 is 1.95 bits per heavy atom. The number of ether oxygens (including phenoxy) is 2. The minimum absolute atomic E-state index is 0.216. The number of rotatable bonds is 7. The number of carbonyl (C=O) groups excluding carboxylic acids is 2. The van der Waals surface area contributed by atoms with Crippen molar-refractivity contribution in [1.82, 2.24) is 5.32 Å². The molecule has 21 heavy (non-hydrogen) atoms. The van der Waals surface area contributed by atoms with Gasteiger partial charge in [0.05, 0.1) is 12.2 Å². The molecule has 1 amide bonds. The van der Waals surface area contributed by atoms with Crippen LogP contribution >= 0.6 is 0 Å². The van der Waals surface area contributed by atoms with Crippen molar-refractivity contribution < 1.29 is 29.0 Å². The maximum atomic E-state index is 12.1. The number of benzene rings is 1. The first-order valence-corrected chi connectivity index (χ1v) is 6.34. The quantitative estimate of drug-likeness (QED) is 0.722. The van der Waals surface area contributed by atoms with Crippen molar-refractivity contribution in [3.63, 3.8) is 0 Å². The fraction of sp³-hybridized carbons (Fsp3) is 0.357. The van der Waals surface area contributed by atoms with Crippen molar-refractivity contribution in [2.75, 3.05) is 13.2 Å². The lowest BCUT2D eigenvalue weighted by Crippen LogP contribution is -2.44. The minimum Gasteiger partial charge on any atom is -0.493 e. The predicted molar refractivity (Wildman–Crippen MR) is 73.1 cm³/mol. The van der Waals surface area contributed by atoms with E-state index in [4.69, 9.17) is 9.84 Å². The molecule has 7 heteroatoms. The van der Waals surface area contributed by atoms with Gasteiger partial charge in [-0.3, -0.25) is 9.59 Å². The van der Waals surface area contributed by atoms with E-state index in [0.29, 0.717) is 12.4 Å². The fourth-order valence-electron chi connectivity index (χ4n) is 1.55. The molecule has 7 nitrogen and oxygen atoms in total. The molecule has 0 fully saturated rings. The normalized spacial score (nSPS) is 11.3. The van der Waals surface area contributed by atoms with Gasteiger partial charge < -0.3 is 19.9 Å². The molecule has 0 saturated heterocycles. The summed E-state index contributed by atoms with van der Waals surface area (Å²) in [7, 11) is 0. The second-order valence-electron chi connectivity index (χ2n) is 4.10. The van der Waals surface area contributed by atoms with Gasteiger partial charge in [0.15, 0.2) is 6.04 Å². The van der Waals surface area contributed by atoms with Crippen molar-refractivity contribution in [3.8, 4) is 5.75 Å². The van der Waals surface area contributed by atoms with E-state index in [1.165, 1.54) is 6.07 Å². The number of carboxylic acid groups (broad SMARTS) is 1. The molecule has 0 saturated carbocycles. The molecule has 0 aliphatic carbocycles. The Labute approximate surface area is 121 Å². The average molecular weight is 295 g/mol. The molecular formula is C14H17NO6. The first kappa shape index (κ1) is 16.5. The molecule has 0 bridgehead atoms. The highest BCUT2D eigenvalue weighted by Crippen LogP contribution is 2.17. The largest absolute Gasteiger partial charge is 0.493 e. The lowest BCUT2D eigenvalue weighted by molar-refractivity contribution is -0.146. The molecule has 1 atom stereocenters. The summed E-state index contributed by atoms with van der Waals surface area (Å²) in [6.07, 6.45) is 0. The van der Waals surface area contributed by atoms with Crippen LogP contribution in [0.3, 0.4) is 0 Å². The summed E-state index contributed by atoms with van der Waals surface area (Å²) >= 11 is 0. The van der Waals surface area contributed by atoms with E-state index in [1.807, 2.05) is 0 Å². The molecule has 1 rings (SSSR count). The van der Waals surface area contributed by atoms with Gasteiger partial charge in [-0.05, 0) is 19.1 Å².